The molecule has 0 atom stereocenters. The maximum atomic E-state index is 6.27. The van der Waals surface area contributed by atoms with E-state index in [1.807, 2.05) is 24.3 Å². The largest absolute Gasteiger partial charge is 0.456 e. The van der Waals surface area contributed by atoms with Crippen LogP contribution in [0.2, 0.25) is 0 Å². The van der Waals surface area contributed by atoms with Gasteiger partial charge in [0.15, 0.2) is 17.5 Å². The minimum absolute atomic E-state index is 0.608. The number of nitrogens with zero attached hydrogens (tertiary/aromatic N) is 3. The van der Waals surface area contributed by atoms with Gasteiger partial charge in [0, 0.05) is 27.5 Å². The molecule has 0 spiro atoms. The van der Waals surface area contributed by atoms with Gasteiger partial charge in [-0.25, -0.2) is 15.0 Å². The number of para-hydroxylation sites is 1. The second-order valence-electron chi connectivity index (χ2n) is 14.0. The van der Waals surface area contributed by atoms with E-state index in [1.165, 1.54) is 16.2 Å². The SMILES string of the molecule is c1ccc(-c2ccccc2-c2nc(-c3cccc(-c4ccc5c(c4)oc4ccccc45)c3)nc(-c3c4ccccc4cc4c3ccc3ccccc34)n2)cc1. The molecule has 2 aromatic heterocycles. The van der Waals surface area contributed by atoms with Crippen molar-refractivity contribution >= 4 is 54.3 Å². The van der Waals surface area contributed by atoms with Crippen LogP contribution >= 0.6 is 0 Å². The first-order valence-electron chi connectivity index (χ1n) is 18.5. The van der Waals surface area contributed by atoms with Crippen LogP contribution in [0.3, 0.4) is 0 Å². The van der Waals surface area contributed by atoms with Crippen LogP contribution in [0.25, 0.3) is 111 Å². The van der Waals surface area contributed by atoms with Gasteiger partial charge in [-0.05, 0) is 84.9 Å². The first-order chi connectivity index (χ1) is 27.2. The molecule has 4 nitrogen and oxygen atoms in total. The Morgan fingerprint density at radius 3 is 1.80 bits per heavy atom. The van der Waals surface area contributed by atoms with Crippen LogP contribution in [0.4, 0.5) is 0 Å². The zero-order chi connectivity index (χ0) is 36.3. The van der Waals surface area contributed by atoms with Crippen LogP contribution in [0.1, 0.15) is 0 Å². The van der Waals surface area contributed by atoms with Crippen LogP contribution in [-0.2, 0) is 0 Å². The van der Waals surface area contributed by atoms with E-state index in [-0.39, 0.29) is 0 Å². The summed E-state index contributed by atoms with van der Waals surface area (Å²) >= 11 is 0. The molecule has 256 valence electrons. The molecule has 0 bridgehead atoms. The van der Waals surface area contributed by atoms with Crippen molar-refractivity contribution in [3.05, 3.63) is 188 Å². The summed E-state index contributed by atoms with van der Waals surface area (Å²) in [6, 6.07) is 65.7. The molecule has 4 heteroatoms. The first kappa shape index (κ1) is 31.1. The Bertz CT molecular complexity index is 3270. The van der Waals surface area contributed by atoms with Crippen LogP contribution < -0.4 is 0 Å². The van der Waals surface area contributed by atoms with Gasteiger partial charge in [0.05, 0.1) is 0 Å². The van der Waals surface area contributed by atoms with E-state index in [9.17, 15) is 0 Å². The van der Waals surface area contributed by atoms with Crippen molar-refractivity contribution in [1.82, 2.24) is 15.0 Å². The summed E-state index contributed by atoms with van der Waals surface area (Å²) in [5, 5.41) is 9.12. The summed E-state index contributed by atoms with van der Waals surface area (Å²) in [7, 11) is 0. The van der Waals surface area contributed by atoms with Gasteiger partial charge in [0.2, 0.25) is 0 Å². The lowest BCUT2D eigenvalue weighted by atomic mass is 9.93. The molecular weight excluding hydrogens is 671 g/mol. The smallest absolute Gasteiger partial charge is 0.165 e. The van der Waals surface area contributed by atoms with Crippen molar-refractivity contribution in [2.24, 2.45) is 0 Å². The lowest BCUT2D eigenvalue weighted by molar-refractivity contribution is 0.669. The fraction of sp³-hybridized carbons (Fsp3) is 0. The number of hydrogen-bond acceptors (Lipinski definition) is 4. The highest BCUT2D eigenvalue weighted by atomic mass is 16.3. The van der Waals surface area contributed by atoms with Crippen molar-refractivity contribution in [2.45, 2.75) is 0 Å². The van der Waals surface area contributed by atoms with Gasteiger partial charge in [-0.15, -0.1) is 0 Å². The van der Waals surface area contributed by atoms with E-state index >= 15 is 0 Å². The quantitative estimate of drug-likeness (QED) is 0.132. The molecule has 55 heavy (non-hydrogen) atoms. The number of fused-ring (bicyclic) bond motifs is 7. The second kappa shape index (κ2) is 12.6. The van der Waals surface area contributed by atoms with Gasteiger partial charge in [-0.3, -0.25) is 0 Å². The zero-order valence-corrected chi connectivity index (χ0v) is 29.6. The molecule has 0 unspecified atom stereocenters. The molecular formula is C51H31N3O. The fourth-order valence-electron chi connectivity index (χ4n) is 8.09. The van der Waals surface area contributed by atoms with Crippen molar-refractivity contribution in [3.8, 4) is 56.4 Å². The van der Waals surface area contributed by atoms with E-state index in [4.69, 9.17) is 19.4 Å². The van der Waals surface area contributed by atoms with Crippen LogP contribution in [-0.4, -0.2) is 15.0 Å². The summed E-state index contributed by atoms with van der Waals surface area (Å²) in [6.45, 7) is 0. The predicted octanol–water partition coefficient (Wildman–Crippen LogP) is 13.6. The van der Waals surface area contributed by atoms with E-state index in [0.717, 1.165) is 77.0 Å². The molecule has 0 fully saturated rings. The Morgan fingerprint density at radius 2 is 0.909 bits per heavy atom. The summed E-state index contributed by atoms with van der Waals surface area (Å²) in [4.78, 5) is 16.0. The van der Waals surface area contributed by atoms with Crippen molar-refractivity contribution < 1.29 is 4.42 Å². The third-order valence-corrected chi connectivity index (χ3v) is 10.7. The second-order valence-corrected chi connectivity index (χ2v) is 14.0. The van der Waals surface area contributed by atoms with E-state index in [0.29, 0.717) is 17.5 Å². The number of benzene rings is 9. The third kappa shape index (κ3) is 5.26. The highest BCUT2D eigenvalue weighted by Gasteiger charge is 2.20. The van der Waals surface area contributed by atoms with Crippen molar-refractivity contribution in [3.63, 3.8) is 0 Å². The standard InChI is InChI=1S/C51H31N3O/c1-2-13-32(14-3-1)38-19-8-9-23-44(38)50-52-49(37-18-12-17-34(29-37)35-26-27-42-41-22-10-11-24-46(41)55-47(42)31-35)53-51(54-50)48-40-21-7-5-16-36(40)30-45-39-20-6-4-15-33(39)25-28-43(45)48/h1-31H. The molecule has 0 aliphatic rings. The summed E-state index contributed by atoms with van der Waals surface area (Å²) in [6.07, 6.45) is 0. The normalized spacial score (nSPS) is 11.6. The number of hydrogen-bond donors (Lipinski definition) is 0. The maximum absolute atomic E-state index is 6.27. The van der Waals surface area contributed by atoms with Gasteiger partial charge in [-0.1, -0.05) is 158 Å². The molecule has 0 aliphatic carbocycles. The molecule has 0 N–H and O–H groups in total. The average Bonchev–Trinajstić information content (AvgIpc) is 3.64. The number of furan rings is 1. The molecule has 11 rings (SSSR count). The molecule has 2 heterocycles. The van der Waals surface area contributed by atoms with Crippen LogP contribution in [0, 0.1) is 0 Å². The Morgan fingerprint density at radius 1 is 0.291 bits per heavy atom. The summed E-state index contributed by atoms with van der Waals surface area (Å²) in [5.74, 6) is 1.86. The van der Waals surface area contributed by atoms with Crippen LogP contribution in [0.15, 0.2) is 192 Å². The monoisotopic (exact) mass is 701 g/mol. The molecule has 0 saturated carbocycles. The molecule has 0 saturated heterocycles. The zero-order valence-electron chi connectivity index (χ0n) is 29.6. The fourth-order valence-corrected chi connectivity index (χ4v) is 8.09. The minimum Gasteiger partial charge on any atom is -0.456 e. The molecule has 0 amide bonds. The molecule has 11 aromatic rings. The molecule has 0 aliphatic heterocycles. The van der Waals surface area contributed by atoms with E-state index in [2.05, 4.69) is 164 Å². The van der Waals surface area contributed by atoms with Crippen LogP contribution in [0.5, 0.6) is 0 Å². The topological polar surface area (TPSA) is 51.8 Å². The Labute approximate surface area is 317 Å². The van der Waals surface area contributed by atoms with Gasteiger partial charge in [0.1, 0.15) is 11.2 Å². The van der Waals surface area contributed by atoms with E-state index < -0.39 is 0 Å². The first-order valence-corrected chi connectivity index (χ1v) is 18.5. The van der Waals surface area contributed by atoms with Gasteiger partial charge in [0.25, 0.3) is 0 Å². The molecule has 9 aromatic carbocycles. The van der Waals surface area contributed by atoms with E-state index in [1.54, 1.807) is 0 Å². The van der Waals surface area contributed by atoms with Crippen molar-refractivity contribution in [1.29, 1.82) is 0 Å². The predicted molar refractivity (Wildman–Crippen MR) is 227 cm³/mol. The van der Waals surface area contributed by atoms with Crippen molar-refractivity contribution in [2.75, 3.05) is 0 Å². The Hall–Kier alpha value is -7.43. The van der Waals surface area contributed by atoms with Gasteiger partial charge >= 0.3 is 0 Å². The highest BCUT2D eigenvalue weighted by molar-refractivity contribution is 6.19. The number of aromatic nitrogens is 3. The number of rotatable bonds is 5. The van der Waals surface area contributed by atoms with Gasteiger partial charge < -0.3 is 4.42 Å². The minimum atomic E-state index is 0.608. The lowest BCUT2D eigenvalue weighted by Gasteiger charge is -2.16. The Kier molecular flexibility index (Phi) is 7.14. The summed E-state index contributed by atoms with van der Waals surface area (Å²) < 4.78 is 6.27. The molecule has 0 radical (unpaired) electrons. The van der Waals surface area contributed by atoms with Gasteiger partial charge in [-0.2, -0.15) is 0 Å². The highest BCUT2D eigenvalue weighted by Crippen LogP contribution is 2.40. The Balaban J connectivity index is 1.16. The third-order valence-electron chi connectivity index (χ3n) is 10.7. The summed E-state index contributed by atoms with van der Waals surface area (Å²) in [5.41, 5.74) is 8.87. The maximum Gasteiger partial charge on any atom is 0.165 e. The average molecular weight is 702 g/mol. The lowest BCUT2D eigenvalue weighted by Crippen LogP contribution is -2.02.